The highest BCUT2D eigenvalue weighted by atomic mass is 32.2. The van der Waals surface area contributed by atoms with Crippen LogP contribution in [0, 0.1) is 13.8 Å². The van der Waals surface area contributed by atoms with Crippen molar-refractivity contribution >= 4 is 27.2 Å². The normalized spacial score (nSPS) is 11.5. The van der Waals surface area contributed by atoms with Crippen LogP contribution in [-0.2, 0) is 16.6 Å². The zero-order valence-corrected chi connectivity index (χ0v) is 13.3. The van der Waals surface area contributed by atoms with Gasteiger partial charge in [0.25, 0.3) is 0 Å². The number of benzene rings is 1. The van der Waals surface area contributed by atoms with Crippen LogP contribution in [0.1, 0.15) is 22.6 Å². The second kappa shape index (κ2) is 5.97. The van der Waals surface area contributed by atoms with Gasteiger partial charge >= 0.3 is 0 Å². The fraction of sp³-hybridized carbons (Fsp3) is 0.214. The first-order valence-corrected chi connectivity index (χ1v) is 8.14. The summed E-state index contributed by atoms with van der Waals surface area (Å²) < 4.78 is 32.4. The number of hydrogen-bond donors (Lipinski definition) is 2. The molecular weight excluding hydrogens is 308 g/mol. The summed E-state index contributed by atoms with van der Waals surface area (Å²) in [4.78, 5) is 0.437. The van der Waals surface area contributed by atoms with Crippen molar-refractivity contribution in [3.05, 3.63) is 53.0 Å². The molecular formula is C14H16N2O3S2. The van der Waals surface area contributed by atoms with E-state index in [2.05, 4.69) is 4.72 Å². The maximum Gasteiger partial charge on any atom is 0.241 e. The highest BCUT2D eigenvalue weighted by Crippen LogP contribution is 2.17. The molecule has 0 spiro atoms. The standard InChI is InChI=1S/C14H16N2O3S2/c1-9-7-11(14(15)20)4-6-13(9)21(17,18)16-8-12-5-3-10(2)19-12/h3-7,16H,8H2,1-2H3,(H2,15,20). The van der Waals surface area contributed by atoms with Crippen molar-refractivity contribution in [1.82, 2.24) is 4.72 Å². The number of aryl methyl sites for hydroxylation is 2. The van der Waals surface area contributed by atoms with Crippen LogP contribution in [0.2, 0.25) is 0 Å². The largest absolute Gasteiger partial charge is 0.465 e. The fourth-order valence-electron chi connectivity index (χ4n) is 1.93. The van der Waals surface area contributed by atoms with Crippen molar-refractivity contribution in [3.63, 3.8) is 0 Å². The summed E-state index contributed by atoms with van der Waals surface area (Å²) in [6, 6.07) is 8.28. The molecule has 2 rings (SSSR count). The summed E-state index contributed by atoms with van der Waals surface area (Å²) in [5.74, 6) is 1.30. The zero-order chi connectivity index (χ0) is 15.6. The Bertz CT molecular complexity index is 779. The van der Waals surface area contributed by atoms with Crippen molar-refractivity contribution in [2.45, 2.75) is 25.3 Å². The number of rotatable bonds is 5. The lowest BCUT2D eigenvalue weighted by molar-refractivity contribution is 0.475. The molecule has 112 valence electrons. The maximum atomic E-state index is 12.3. The van der Waals surface area contributed by atoms with Crippen LogP contribution >= 0.6 is 12.2 Å². The van der Waals surface area contributed by atoms with Gasteiger partial charge in [-0.2, -0.15) is 0 Å². The van der Waals surface area contributed by atoms with Crippen molar-refractivity contribution in [2.75, 3.05) is 0 Å². The molecule has 0 amide bonds. The Morgan fingerprint density at radius 2 is 2.00 bits per heavy atom. The Labute approximate surface area is 129 Å². The Balaban J connectivity index is 2.21. The molecule has 0 saturated carbocycles. The van der Waals surface area contributed by atoms with Crippen LogP contribution in [0.15, 0.2) is 39.6 Å². The van der Waals surface area contributed by atoms with E-state index in [-0.39, 0.29) is 16.4 Å². The molecule has 0 aliphatic carbocycles. The molecule has 3 N–H and O–H groups in total. The van der Waals surface area contributed by atoms with Gasteiger partial charge in [-0.15, -0.1) is 0 Å². The van der Waals surface area contributed by atoms with E-state index in [1.54, 1.807) is 38.1 Å². The number of sulfonamides is 1. The number of thiocarbonyl (C=S) groups is 1. The summed E-state index contributed by atoms with van der Waals surface area (Å²) in [6.07, 6.45) is 0. The topological polar surface area (TPSA) is 85.3 Å². The minimum absolute atomic E-state index is 0.104. The molecule has 0 unspecified atom stereocenters. The number of hydrogen-bond acceptors (Lipinski definition) is 4. The van der Waals surface area contributed by atoms with E-state index in [1.165, 1.54) is 6.07 Å². The molecule has 1 heterocycles. The van der Waals surface area contributed by atoms with Gasteiger partial charge in [0, 0.05) is 5.56 Å². The van der Waals surface area contributed by atoms with Gasteiger partial charge in [-0.3, -0.25) is 0 Å². The van der Waals surface area contributed by atoms with Crippen molar-refractivity contribution in [2.24, 2.45) is 5.73 Å². The smallest absolute Gasteiger partial charge is 0.241 e. The minimum atomic E-state index is -3.62. The zero-order valence-electron chi connectivity index (χ0n) is 11.7. The van der Waals surface area contributed by atoms with Crippen LogP contribution < -0.4 is 10.5 Å². The van der Waals surface area contributed by atoms with Crippen LogP contribution in [0.3, 0.4) is 0 Å². The van der Waals surface area contributed by atoms with E-state index in [0.29, 0.717) is 16.9 Å². The van der Waals surface area contributed by atoms with Gasteiger partial charge in [-0.1, -0.05) is 18.3 Å². The average Bonchev–Trinajstić information content (AvgIpc) is 2.82. The molecule has 2 aromatic rings. The monoisotopic (exact) mass is 324 g/mol. The Hall–Kier alpha value is -1.70. The summed E-state index contributed by atoms with van der Waals surface area (Å²) >= 11 is 4.88. The van der Waals surface area contributed by atoms with Gasteiger partial charge in [0.05, 0.1) is 11.4 Å². The molecule has 21 heavy (non-hydrogen) atoms. The molecule has 1 aromatic carbocycles. The highest BCUT2D eigenvalue weighted by Gasteiger charge is 2.17. The quantitative estimate of drug-likeness (QED) is 0.822. The molecule has 0 saturated heterocycles. The summed E-state index contributed by atoms with van der Waals surface area (Å²) in [7, 11) is -3.62. The van der Waals surface area contributed by atoms with Crippen LogP contribution in [0.5, 0.6) is 0 Å². The minimum Gasteiger partial charge on any atom is -0.465 e. The summed E-state index contributed by atoms with van der Waals surface area (Å²) in [6.45, 7) is 3.61. The second-order valence-electron chi connectivity index (χ2n) is 4.68. The Morgan fingerprint density at radius 1 is 1.29 bits per heavy atom. The first-order valence-electron chi connectivity index (χ1n) is 6.25. The van der Waals surface area contributed by atoms with Gasteiger partial charge in [0.1, 0.15) is 16.5 Å². The molecule has 0 atom stereocenters. The third-order valence-electron chi connectivity index (χ3n) is 2.98. The lowest BCUT2D eigenvalue weighted by atomic mass is 10.1. The van der Waals surface area contributed by atoms with Gasteiger partial charge in [-0.05, 0) is 43.7 Å². The summed E-state index contributed by atoms with van der Waals surface area (Å²) in [5, 5.41) is 0. The first-order chi connectivity index (χ1) is 9.79. The molecule has 7 heteroatoms. The SMILES string of the molecule is Cc1ccc(CNS(=O)(=O)c2ccc(C(N)=S)cc2C)o1. The van der Waals surface area contributed by atoms with E-state index in [0.717, 1.165) is 5.76 Å². The third-order valence-corrected chi connectivity index (χ3v) is 4.78. The van der Waals surface area contributed by atoms with Crippen LogP contribution in [-0.4, -0.2) is 13.4 Å². The van der Waals surface area contributed by atoms with Crippen LogP contribution in [0.25, 0.3) is 0 Å². The highest BCUT2D eigenvalue weighted by molar-refractivity contribution is 7.89. The second-order valence-corrected chi connectivity index (χ2v) is 6.86. The maximum absolute atomic E-state index is 12.3. The molecule has 0 fully saturated rings. The average molecular weight is 324 g/mol. The predicted molar refractivity (Wildman–Crippen MR) is 84.5 cm³/mol. The number of nitrogens with one attached hydrogen (secondary N) is 1. The first kappa shape index (κ1) is 15.7. The van der Waals surface area contributed by atoms with Gasteiger partial charge in [-0.25, -0.2) is 13.1 Å². The molecule has 0 aliphatic heterocycles. The van der Waals surface area contributed by atoms with Crippen LogP contribution in [0.4, 0.5) is 0 Å². The van der Waals surface area contributed by atoms with E-state index in [9.17, 15) is 8.42 Å². The van der Waals surface area contributed by atoms with E-state index in [4.69, 9.17) is 22.4 Å². The Kier molecular flexibility index (Phi) is 4.46. The molecule has 1 aromatic heterocycles. The summed E-state index contributed by atoms with van der Waals surface area (Å²) in [5.41, 5.74) is 6.76. The molecule has 0 aliphatic rings. The fourth-order valence-corrected chi connectivity index (χ4v) is 3.27. The molecule has 0 radical (unpaired) electrons. The number of nitrogens with two attached hydrogens (primary N) is 1. The van der Waals surface area contributed by atoms with E-state index < -0.39 is 10.0 Å². The van der Waals surface area contributed by atoms with Crippen molar-refractivity contribution in [1.29, 1.82) is 0 Å². The lowest BCUT2D eigenvalue weighted by Crippen LogP contribution is -2.24. The van der Waals surface area contributed by atoms with E-state index >= 15 is 0 Å². The lowest BCUT2D eigenvalue weighted by Gasteiger charge is -2.09. The number of furan rings is 1. The van der Waals surface area contributed by atoms with Gasteiger partial charge < -0.3 is 10.2 Å². The molecule has 0 bridgehead atoms. The Morgan fingerprint density at radius 3 is 2.52 bits per heavy atom. The van der Waals surface area contributed by atoms with Gasteiger partial charge in [0.15, 0.2) is 0 Å². The van der Waals surface area contributed by atoms with Crippen molar-refractivity contribution < 1.29 is 12.8 Å². The molecule has 5 nitrogen and oxygen atoms in total. The van der Waals surface area contributed by atoms with Crippen molar-refractivity contribution in [3.8, 4) is 0 Å². The third kappa shape index (κ3) is 3.69. The predicted octanol–water partition coefficient (Wildman–Crippen LogP) is 2.01. The van der Waals surface area contributed by atoms with E-state index in [1.807, 2.05) is 0 Å². The van der Waals surface area contributed by atoms with Gasteiger partial charge in [0.2, 0.25) is 10.0 Å².